The summed E-state index contributed by atoms with van der Waals surface area (Å²) >= 11 is 1.20. The third kappa shape index (κ3) is 5.13. The normalized spacial score (nSPS) is 23.3. The van der Waals surface area contributed by atoms with E-state index >= 15 is 0 Å². The van der Waals surface area contributed by atoms with Gasteiger partial charge in [-0.05, 0) is 69.5 Å². The summed E-state index contributed by atoms with van der Waals surface area (Å²) in [6.07, 6.45) is 3.74. The van der Waals surface area contributed by atoms with Crippen molar-refractivity contribution in [3.8, 4) is 5.06 Å². The quantitative estimate of drug-likeness (QED) is 0.603. The number of hydrogen-bond donors (Lipinski definition) is 1. The van der Waals surface area contributed by atoms with Crippen LogP contribution < -0.4 is 10.5 Å². The zero-order valence-electron chi connectivity index (χ0n) is 23.8. The molecule has 5 rings (SSSR count). The third-order valence-corrected chi connectivity index (χ3v) is 9.79. The molecule has 0 saturated carbocycles. The first-order valence-electron chi connectivity index (χ1n) is 14.2. The number of aryl methyl sites for hydroxylation is 1. The van der Waals surface area contributed by atoms with Crippen LogP contribution in [0, 0.1) is 12.3 Å². The van der Waals surface area contributed by atoms with Crippen molar-refractivity contribution in [2.24, 2.45) is 11.1 Å². The number of carbonyl (C=O) groups excluding carboxylic acids is 3. The van der Waals surface area contributed by atoms with E-state index in [1.54, 1.807) is 0 Å². The summed E-state index contributed by atoms with van der Waals surface area (Å²) in [6, 6.07) is 2.37. The van der Waals surface area contributed by atoms with Gasteiger partial charge in [-0.25, -0.2) is 9.78 Å². The van der Waals surface area contributed by atoms with Gasteiger partial charge in [0.05, 0.1) is 5.41 Å². The van der Waals surface area contributed by atoms with Gasteiger partial charge in [-0.2, -0.15) is 0 Å². The number of nitrogens with zero attached hydrogens (tertiary/aromatic N) is 4. The van der Waals surface area contributed by atoms with Crippen molar-refractivity contribution in [2.45, 2.75) is 78.2 Å². The zero-order chi connectivity index (χ0) is 28.1. The highest BCUT2D eigenvalue weighted by molar-refractivity contribution is 7.21. The monoisotopic (exact) mass is 555 g/mol. The second-order valence-corrected chi connectivity index (χ2v) is 13.4. The summed E-state index contributed by atoms with van der Waals surface area (Å²) in [6.45, 7) is 15.0. The number of aromatic nitrogens is 1. The highest BCUT2D eigenvalue weighted by Gasteiger charge is 2.49. The van der Waals surface area contributed by atoms with E-state index in [4.69, 9.17) is 10.5 Å². The van der Waals surface area contributed by atoms with Gasteiger partial charge < -0.3 is 20.3 Å². The number of nitrogens with two attached hydrogens (primary N) is 1. The summed E-state index contributed by atoms with van der Waals surface area (Å²) in [5.41, 5.74) is 7.16. The van der Waals surface area contributed by atoms with Crippen LogP contribution in [-0.4, -0.2) is 82.9 Å². The summed E-state index contributed by atoms with van der Waals surface area (Å²) in [5, 5.41) is 0.964. The maximum Gasteiger partial charge on any atom is 0.410 e. The number of ether oxygens (including phenoxy) is 1. The molecular weight excluding hydrogens is 514 g/mol. The molecule has 1 spiro atoms. The maximum absolute atomic E-state index is 14.0. The lowest BCUT2D eigenvalue weighted by Gasteiger charge is -2.45. The Labute approximate surface area is 234 Å². The first-order valence-corrected chi connectivity index (χ1v) is 15.0. The van der Waals surface area contributed by atoms with Crippen LogP contribution in [0.2, 0.25) is 0 Å². The number of piperidine rings is 2. The molecule has 39 heavy (non-hydrogen) atoms. The molecule has 212 valence electrons. The van der Waals surface area contributed by atoms with Crippen LogP contribution in [0.25, 0.3) is 10.2 Å². The van der Waals surface area contributed by atoms with Crippen molar-refractivity contribution >= 4 is 39.5 Å². The van der Waals surface area contributed by atoms with Gasteiger partial charge in [0.2, 0.25) is 11.0 Å². The van der Waals surface area contributed by atoms with E-state index in [9.17, 15) is 14.4 Å². The van der Waals surface area contributed by atoms with Crippen molar-refractivity contribution in [3.05, 3.63) is 22.9 Å². The van der Waals surface area contributed by atoms with Crippen LogP contribution in [0.1, 0.15) is 81.4 Å². The molecule has 0 aliphatic carbocycles. The second kappa shape index (κ2) is 10.4. The molecular formula is C29H41N5O4S. The lowest BCUT2D eigenvalue weighted by Crippen LogP contribution is -2.54. The molecule has 3 aliphatic heterocycles. The number of rotatable bonds is 4. The standard InChI is InChI=1S/C29H41N5O4S/c1-6-32-15-11-29(26(32)36)10-7-12-34(17-29)19-8-13-33(14-9-19)24(35)22-21-20(28(3,4)5)16-18(2)31-23(21)39-25(22)38-27(30)37/h16,19H,6-15,17H2,1-5H3,(H2,30,37). The van der Waals surface area contributed by atoms with Crippen molar-refractivity contribution in [2.75, 3.05) is 39.3 Å². The highest BCUT2D eigenvalue weighted by Crippen LogP contribution is 2.44. The van der Waals surface area contributed by atoms with Gasteiger partial charge in [0.25, 0.3) is 5.91 Å². The fourth-order valence-corrected chi connectivity index (χ4v) is 7.89. The molecule has 3 aliphatic rings. The van der Waals surface area contributed by atoms with E-state index in [0.717, 1.165) is 74.9 Å². The molecule has 3 fully saturated rings. The summed E-state index contributed by atoms with van der Waals surface area (Å²) in [7, 11) is 0. The molecule has 3 amide bonds. The Bertz CT molecular complexity index is 1290. The molecule has 10 heteroatoms. The summed E-state index contributed by atoms with van der Waals surface area (Å²) in [4.78, 5) is 50.7. The van der Waals surface area contributed by atoms with Gasteiger partial charge >= 0.3 is 6.09 Å². The van der Waals surface area contributed by atoms with E-state index in [1.807, 2.05) is 22.8 Å². The molecule has 2 N–H and O–H groups in total. The molecule has 3 saturated heterocycles. The Morgan fingerprint density at radius 1 is 1.18 bits per heavy atom. The molecule has 1 unspecified atom stereocenters. The van der Waals surface area contributed by atoms with Gasteiger partial charge in [0.1, 0.15) is 10.4 Å². The van der Waals surface area contributed by atoms with Crippen LogP contribution in [0.15, 0.2) is 6.07 Å². The van der Waals surface area contributed by atoms with Gasteiger partial charge in [0.15, 0.2) is 0 Å². The lowest BCUT2D eigenvalue weighted by molar-refractivity contribution is -0.139. The SMILES string of the molecule is CCN1CCC2(CCCN(C3CCN(C(=O)c4c(OC(N)=O)sc5nc(C)cc(C(C)(C)C)c45)CC3)C2)C1=O. The number of thiophene rings is 1. The molecule has 5 heterocycles. The van der Waals surface area contributed by atoms with Crippen LogP contribution >= 0.6 is 11.3 Å². The van der Waals surface area contributed by atoms with Crippen molar-refractivity contribution in [1.82, 2.24) is 19.7 Å². The minimum atomic E-state index is -0.939. The van der Waals surface area contributed by atoms with E-state index < -0.39 is 6.09 Å². The van der Waals surface area contributed by atoms with Gasteiger partial charge in [-0.15, -0.1) is 0 Å². The minimum Gasteiger partial charge on any atom is -0.398 e. The Hall–Kier alpha value is -2.72. The Morgan fingerprint density at radius 2 is 1.90 bits per heavy atom. The minimum absolute atomic E-state index is 0.147. The van der Waals surface area contributed by atoms with Crippen LogP contribution in [0.5, 0.6) is 5.06 Å². The smallest absolute Gasteiger partial charge is 0.398 e. The van der Waals surface area contributed by atoms with E-state index in [1.165, 1.54) is 11.3 Å². The molecule has 0 aromatic carbocycles. The number of pyridine rings is 1. The maximum atomic E-state index is 14.0. The number of hydrogen-bond acceptors (Lipinski definition) is 7. The second-order valence-electron chi connectivity index (χ2n) is 12.4. The van der Waals surface area contributed by atoms with Crippen molar-refractivity contribution in [3.63, 3.8) is 0 Å². The summed E-state index contributed by atoms with van der Waals surface area (Å²) in [5.74, 6) is 0.180. The van der Waals surface area contributed by atoms with E-state index in [2.05, 4.69) is 37.6 Å². The molecule has 0 radical (unpaired) electrons. The number of likely N-dealkylation sites (tertiary alicyclic amines) is 3. The van der Waals surface area contributed by atoms with Crippen LogP contribution in [0.4, 0.5) is 4.79 Å². The zero-order valence-corrected chi connectivity index (χ0v) is 24.7. The number of fused-ring (bicyclic) bond motifs is 1. The van der Waals surface area contributed by atoms with Crippen molar-refractivity contribution < 1.29 is 19.1 Å². The Balaban J connectivity index is 1.37. The Morgan fingerprint density at radius 3 is 2.51 bits per heavy atom. The topological polar surface area (TPSA) is 109 Å². The predicted molar refractivity (Wildman–Crippen MR) is 152 cm³/mol. The van der Waals surface area contributed by atoms with Gasteiger partial charge in [-0.3, -0.25) is 14.5 Å². The van der Waals surface area contributed by atoms with Gasteiger partial charge in [0, 0.05) is 49.8 Å². The fraction of sp³-hybridized carbons (Fsp3) is 0.655. The molecule has 2 aromatic rings. The van der Waals surface area contributed by atoms with Crippen LogP contribution in [-0.2, 0) is 10.2 Å². The van der Waals surface area contributed by atoms with Gasteiger partial charge in [-0.1, -0.05) is 32.1 Å². The number of carbonyl (C=O) groups is 3. The first kappa shape index (κ1) is 27.8. The number of primary amides is 1. The predicted octanol–water partition coefficient (Wildman–Crippen LogP) is 4.30. The Kier molecular flexibility index (Phi) is 7.39. The largest absolute Gasteiger partial charge is 0.410 e. The van der Waals surface area contributed by atoms with E-state index in [-0.39, 0.29) is 21.8 Å². The highest BCUT2D eigenvalue weighted by atomic mass is 32.1. The lowest BCUT2D eigenvalue weighted by atomic mass is 9.77. The third-order valence-electron chi connectivity index (χ3n) is 8.83. The molecule has 1 atom stereocenters. The molecule has 0 bridgehead atoms. The molecule has 9 nitrogen and oxygen atoms in total. The van der Waals surface area contributed by atoms with Crippen LogP contribution in [0.3, 0.4) is 0 Å². The number of amides is 3. The average Bonchev–Trinajstić information content (AvgIpc) is 3.38. The fourth-order valence-electron chi connectivity index (χ4n) is 6.79. The average molecular weight is 556 g/mol. The summed E-state index contributed by atoms with van der Waals surface area (Å²) < 4.78 is 5.37. The molecule has 2 aromatic heterocycles. The van der Waals surface area contributed by atoms with Crippen molar-refractivity contribution in [1.29, 1.82) is 0 Å². The first-order chi connectivity index (χ1) is 18.4. The van der Waals surface area contributed by atoms with E-state index in [0.29, 0.717) is 35.4 Å².